The fraction of sp³-hybridized carbons (Fsp3) is 1.00. The predicted molar refractivity (Wildman–Crippen MR) is 46.0 cm³/mol. The fourth-order valence-corrected chi connectivity index (χ4v) is 1.62. The van der Waals surface area contributed by atoms with E-state index < -0.39 is 31.7 Å². The van der Waals surface area contributed by atoms with Crippen molar-refractivity contribution in [3.05, 3.63) is 0 Å². The molecule has 0 aromatic carbocycles. The standard InChI is InChI=1S/C3H8O6S2.Ba.2H/c4-10(5,6)2-1-3-11(7,8)9;;;/h1-3H2,(H,4,5,6)(H,7,8,9);;;. The van der Waals surface area contributed by atoms with Crippen LogP contribution < -0.4 is 0 Å². The average molecular weight is 344 g/mol. The van der Waals surface area contributed by atoms with Gasteiger partial charge in [0.15, 0.2) is 0 Å². The average Bonchev–Trinajstić information content (AvgIpc) is 1.55. The second kappa shape index (κ2) is 5.98. The summed E-state index contributed by atoms with van der Waals surface area (Å²) in [5, 5.41) is 0. The van der Waals surface area contributed by atoms with E-state index in [1.165, 1.54) is 0 Å². The summed E-state index contributed by atoms with van der Waals surface area (Å²) >= 11 is 0. The first kappa shape index (κ1) is 15.8. The van der Waals surface area contributed by atoms with E-state index in [2.05, 4.69) is 0 Å². The van der Waals surface area contributed by atoms with Crippen LogP contribution in [0.25, 0.3) is 0 Å². The number of hydrogen-bond donors (Lipinski definition) is 2. The van der Waals surface area contributed by atoms with E-state index >= 15 is 0 Å². The molecule has 6 nitrogen and oxygen atoms in total. The minimum absolute atomic E-state index is 0. The van der Waals surface area contributed by atoms with Gasteiger partial charge in [-0.15, -0.1) is 0 Å². The monoisotopic (exact) mass is 344 g/mol. The molecule has 0 fully saturated rings. The topological polar surface area (TPSA) is 109 Å². The van der Waals surface area contributed by atoms with Crippen LogP contribution in [0.2, 0.25) is 0 Å². The fourth-order valence-electron chi connectivity index (χ4n) is 0.424. The summed E-state index contributed by atoms with van der Waals surface area (Å²) in [5.41, 5.74) is 0. The first-order valence-corrected chi connectivity index (χ1v) is 5.83. The molecule has 0 aliphatic heterocycles. The van der Waals surface area contributed by atoms with Crippen LogP contribution in [0.15, 0.2) is 0 Å². The molecule has 0 aromatic heterocycles. The van der Waals surface area contributed by atoms with Gasteiger partial charge >= 0.3 is 48.9 Å². The van der Waals surface area contributed by atoms with E-state index in [9.17, 15) is 16.8 Å². The van der Waals surface area contributed by atoms with Gasteiger partial charge in [0.05, 0.1) is 11.5 Å². The van der Waals surface area contributed by atoms with Crippen LogP contribution in [0.1, 0.15) is 6.42 Å². The predicted octanol–water partition coefficient (Wildman–Crippen LogP) is -1.76. The van der Waals surface area contributed by atoms with Gasteiger partial charge in [0.2, 0.25) is 0 Å². The van der Waals surface area contributed by atoms with Crippen molar-refractivity contribution in [1.29, 1.82) is 0 Å². The Bertz CT molecular complexity index is 270. The molecular weight excluding hydrogens is 333 g/mol. The summed E-state index contributed by atoms with van der Waals surface area (Å²) in [7, 11) is -8.24. The second-order valence-corrected chi connectivity index (χ2v) is 5.07. The van der Waals surface area contributed by atoms with Crippen molar-refractivity contribution in [3.8, 4) is 0 Å². The summed E-state index contributed by atoms with van der Waals surface area (Å²) in [6, 6.07) is 0. The Kier molecular flexibility index (Phi) is 7.90. The Balaban J connectivity index is 0. The van der Waals surface area contributed by atoms with Crippen LogP contribution in [0.5, 0.6) is 0 Å². The molecule has 0 bridgehead atoms. The molecule has 0 saturated carbocycles. The summed E-state index contributed by atoms with van der Waals surface area (Å²) in [5.74, 6) is -1.32. The van der Waals surface area contributed by atoms with Crippen molar-refractivity contribution >= 4 is 69.1 Å². The van der Waals surface area contributed by atoms with E-state index in [4.69, 9.17) is 9.11 Å². The maximum atomic E-state index is 10.00. The molecule has 72 valence electrons. The van der Waals surface area contributed by atoms with Crippen molar-refractivity contribution in [1.82, 2.24) is 0 Å². The van der Waals surface area contributed by atoms with Crippen LogP contribution in [-0.2, 0) is 20.2 Å². The second-order valence-electron chi connectivity index (χ2n) is 1.93. The summed E-state index contributed by atoms with van der Waals surface area (Å²) in [6.45, 7) is 0. The molecule has 0 aromatic rings. The third-order valence-electron chi connectivity index (χ3n) is 0.805. The third kappa shape index (κ3) is 13.9. The molecular formula is C3H10BaO6S2. The number of hydrogen-bond acceptors (Lipinski definition) is 4. The number of rotatable bonds is 4. The minimum atomic E-state index is -4.12. The molecule has 0 saturated heterocycles. The molecule has 0 atom stereocenters. The van der Waals surface area contributed by atoms with Gasteiger partial charge in [0.25, 0.3) is 20.2 Å². The van der Waals surface area contributed by atoms with Gasteiger partial charge in [-0.05, 0) is 6.42 Å². The Hall–Kier alpha value is 1.39. The van der Waals surface area contributed by atoms with Gasteiger partial charge < -0.3 is 0 Å². The van der Waals surface area contributed by atoms with Crippen LogP contribution in [0.3, 0.4) is 0 Å². The summed E-state index contributed by atoms with van der Waals surface area (Å²) in [6.07, 6.45) is -0.308. The molecule has 0 aliphatic carbocycles. The zero-order valence-electron chi connectivity index (χ0n) is 5.47. The zero-order chi connectivity index (χ0) is 9.12. The molecule has 0 spiro atoms. The first-order valence-electron chi connectivity index (χ1n) is 2.61. The first-order chi connectivity index (χ1) is 4.71. The zero-order valence-corrected chi connectivity index (χ0v) is 7.10. The van der Waals surface area contributed by atoms with Crippen LogP contribution in [0.4, 0.5) is 0 Å². The van der Waals surface area contributed by atoms with Gasteiger partial charge in [-0.3, -0.25) is 9.11 Å². The van der Waals surface area contributed by atoms with E-state index in [-0.39, 0.29) is 55.3 Å². The Morgan fingerprint density at radius 2 is 1.08 bits per heavy atom. The van der Waals surface area contributed by atoms with E-state index in [0.29, 0.717) is 0 Å². The molecule has 0 unspecified atom stereocenters. The molecule has 0 heterocycles. The molecule has 0 amide bonds. The molecule has 0 rings (SSSR count). The molecule has 0 radical (unpaired) electrons. The van der Waals surface area contributed by atoms with Gasteiger partial charge in [-0.2, -0.15) is 16.8 Å². The van der Waals surface area contributed by atoms with Crippen molar-refractivity contribution in [3.63, 3.8) is 0 Å². The van der Waals surface area contributed by atoms with E-state index in [0.717, 1.165) is 0 Å². The Morgan fingerprint density at radius 3 is 1.25 bits per heavy atom. The molecule has 2 N–H and O–H groups in total. The van der Waals surface area contributed by atoms with Crippen LogP contribution >= 0.6 is 0 Å². The van der Waals surface area contributed by atoms with Crippen molar-refractivity contribution < 1.29 is 25.9 Å². The van der Waals surface area contributed by atoms with Gasteiger partial charge in [-0.25, -0.2) is 0 Å². The third-order valence-corrected chi connectivity index (χ3v) is 2.41. The SMILES string of the molecule is O=S(=O)(O)CCCS(=O)(=O)O.[BaH2]. The van der Waals surface area contributed by atoms with E-state index in [1.54, 1.807) is 0 Å². The Labute approximate surface area is 111 Å². The van der Waals surface area contributed by atoms with Crippen molar-refractivity contribution in [2.24, 2.45) is 0 Å². The Morgan fingerprint density at radius 1 is 0.833 bits per heavy atom. The molecule has 9 heteroatoms. The van der Waals surface area contributed by atoms with Crippen molar-refractivity contribution in [2.75, 3.05) is 11.5 Å². The van der Waals surface area contributed by atoms with E-state index in [1.807, 2.05) is 0 Å². The van der Waals surface area contributed by atoms with Crippen molar-refractivity contribution in [2.45, 2.75) is 6.42 Å². The molecule has 0 aliphatic rings. The maximum absolute atomic E-state index is 10.00. The summed E-state index contributed by atoms with van der Waals surface area (Å²) in [4.78, 5) is 0. The van der Waals surface area contributed by atoms with Gasteiger partial charge in [0.1, 0.15) is 0 Å². The van der Waals surface area contributed by atoms with Gasteiger partial charge in [-0.1, -0.05) is 0 Å². The molecule has 12 heavy (non-hydrogen) atoms. The van der Waals surface area contributed by atoms with Gasteiger partial charge in [0, 0.05) is 0 Å². The van der Waals surface area contributed by atoms with Crippen LogP contribution in [-0.4, -0.2) is 86.3 Å². The normalized spacial score (nSPS) is 12.2. The quantitative estimate of drug-likeness (QED) is 0.462. The summed E-state index contributed by atoms with van der Waals surface area (Å²) < 4.78 is 56.2. The van der Waals surface area contributed by atoms with Crippen LogP contribution in [0, 0.1) is 0 Å².